The number of nitrogens with zero attached hydrogens (tertiary/aromatic N) is 1. The van der Waals surface area contributed by atoms with E-state index in [2.05, 4.69) is 10.6 Å². The molecule has 0 heterocycles. The number of carbonyl (C=O) groups excluding carboxylic acids is 1. The number of amides is 1. The minimum Gasteiger partial charge on any atom is -0.352 e. The van der Waals surface area contributed by atoms with E-state index in [4.69, 9.17) is 0 Å². The zero-order chi connectivity index (χ0) is 13.4. The van der Waals surface area contributed by atoms with Gasteiger partial charge in [0, 0.05) is 25.1 Å². The van der Waals surface area contributed by atoms with Gasteiger partial charge in [0.15, 0.2) is 0 Å². The van der Waals surface area contributed by atoms with Gasteiger partial charge >= 0.3 is 0 Å². The van der Waals surface area contributed by atoms with Gasteiger partial charge in [-0.15, -0.1) is 12.4 Å². The van der Waals surface area contributed by atoms with Crippen LogP contribution in [0, 0.1) is 10.1 Å². The molecule has 1 aromatic carbocycles. The van der Waals surface area contributed by atoms with Gasteiger partial charge in [-0.05, 0) is 25.6 Å². The van der Waals surface area contributed by atoms with Crippen LogP contribution in [-0.2, 0) is 11.3 Å². The highest BCUT2D eigenvalue weighted by Gasteiger charge is 2.05. The van der Waals surface area contributed by atoms with E-state index in [-0.39, 0.29) is 24.0 Å². The summed E-state index contributed by atoms with van der Waals surface area (Å²) in [5, 5.41) is 16.2. The van der Waals surface area contributed by atoms with Gasteiger partial charge in [-0.1, -0.05) is 12.1 Å². The number of carbonyl (C=O) groups is 1. The topological polar surface area (TPSA) is 84.3 Å². The average Bonchev–Trinajstić information content (AvgIpc) is 2.37. The second-order valence-electron chi connectivity index (χ2n) is 3.91. The van der Waals surface area contributed by atoms with Crippen LogP contribution >= 0.6 is 12.4 Å². The molecular weight excluding hydrogens is 270 g/mol. The molecule has 0 bridgehead atoms. The molecule has 1 rings (SSSR count). The average molecular weight is 288 g/mol. The third-order valence-corrected chi connectivity index (χ3v) is 2.47. The molecule has 0 radical (unpaired) electrons. The summed E-state index contributed by atoms with van der Waals surface area (Å²) in [5.41, 5.74) is 0.904. The normalized spacial score (nSPS) is 9.53. The molecule has 1 aromatic rings. The first-order valence-electron chi connectivity index (χ1n) is 5.78. The van der Waals surface area contributed by atoms with Crippen LogP contribution in [0.25, 0.3) is 0 Å². The summed E-state index contributed by atoms with van der Waals surface area (Å²) < 4.78 is 0. The van der Waals surface area contributed by atoms with E-state index in [1.54, 1.807) is 12.1 Å². The van der Waals surface area contributed by atoms with Crippen molar-refractivity contribution < 1.29 is 9.72 Å². The molecule has 19 heavy (non-hydrogen) atoms. The number of rotatable bonds is 7. The van der Waals surface area contributed by atoms with Crippen molar-refractivity contribution in [3.8, 4) is 0 Å². The van der Waals surface area contributed by atoms with Crippen LogP contribution in [0.1, 0.15) is 18.4 Å². The van der Waals surface area contributed by atoms with Gasteiger partial charge in [-0.2, -0.15) is 0 Å². The Hall–Kier alpha value is -1.66. The maximum Gasteiger partial charge on any atom is 0.269 e. The van der Waals surface area contributed by atoms with Crippen molar-refractivity contribution in [3.05, 3.63) is 39.9 Å². The van der Waals surface area contributed by atoms with Crippen molar-refractivity contribution in [2.75, 3.05) is 13.6 Å². The lowest BCUT2D eigenvalue weighted by Crippen LogP contribution is -2.23. The highest BCUT2D eigenvalue weighted by atomic mass is 35.5. The lowest BCUT2D eigenvalue weighted by atomic mass is 10.2. The van der Waals surface area contributed by atoms with E-state index >= 15 is 0 Å². The molecule has 7 heteroatoms. The Morgan fingerprint density at radius 2 is 1.95 bits per heavy atom. The molecule has 6 nitrogen and oxygen atoms in total. The summed E-state index contributed by atoms with van der Waals surface area (Å²) in [5.74, 6) is -0.0106. The number of benzene rings is 1. The number of halogens is 1. The number of hydrogen-bond donors (Lipinski definition) is 2. The Balaban J connectivity index is 0.00000324. The van der Waals surface area contributed by atoms with Crippen LogP contribution in [0.3, 0.4) is 0 Å². The van der Waals surface area contributed by atoms with Crippen LogP contribution in [0.2, 0.25) is 0 Å². The predicted molar refractivity (Wildman–Crippen MR) is 75.4 cm³/mol. The van der Waals surface area contributed by atoms with Gasteiger partial charge in [0.2, 0.25) is 5.91 Å². The lowest BCUT2D eigenvalue weighted by Gasteiger charge is -2.05. The van der Waals surface area contributed by atoms with Crippen molar-refractivity contribution in [1.82, 2.24) is 10.6 Å². The zero-order valence-corrected chi connectivity index (χ0v) is 11.5. The van der Waals surface area contributed by atoms with Gasteiger partial charge in [0.1, 0.15) is 0 Å². The Bertz CT molecular complexity index is 409. The van der Waals surface area contributed by atoms with Crippen molar-refractivity contribution in [1.29, 1.82) is 0 Å². The fraction of sp³-hybridized carbons (Fsp3) is 0.417. The number of hydrogen-bond acceptors (Lipinski definition) is 4. The Morgan fingerprint density at radius 3 is 2.47 bits per heavy atom. The summed E-state index contributed by atoms with van der Waals surface area (Å²) in [6, 6.07) is 6.16. The SMILES string of the molecule is CNCCCC(=O)NCc1ccc([N+](=O)[O-])cc1.Cl. The number of non-ortho nitro benzene ring substituents is 1. The molecule has 0 spiro atoms. The van der Waals surface area contributed by atoms with Crippen molar-refractivity contribution >= 4 is 24.0 Å². The van der Waals surface area contributed by atoms with E-state index in [9.17, 15) is 14.9 Å². The predicted octanol–water partition coefficient (Wildman–Crippen LogP) is 1.63. The van der Waals surface area contributed by atoms with Gasteiger partial charge in [-0.25, -0.2) is 0 Å². The lowest BCUT2D eigenvalue weighted by molar-refractivity contribution is -0.384. The zero-order valence-electron chi connectivity index (χ0n) is 10.7. The number of nitro benzene ring substituents is 1. The molecule has 0 atom stereocenters. The molecule has 0 aromatic heterocycles. The molecule has 0 fully saturated rings. The van der Waals surface area contributed by atoms with E-state index in [1.807, 2.05) is 7.05 Å². The Labute approximate surface area is 118 Å². The van der Waals surface area contributed by atoms with Gasteiger partial charge in [0.05, 0.1) is 4.92 Å². The van der Waals surface area contributed by atoms with Crippen LogP contribution < -0.4 is 10.6 Å². The summed E-state index contributed by atoms with van der Waals surface area (Å²) >= 11 is 0. The monoisotopic (exact) mass is 287 g/mol. The van der Waals surface area contributed by atoms with Crippen molar-refractivity contribution in [3.63, 3.8) is 0 Å². The van der Waals surface area contributed by atoms with E-state index < -0.39 is 4.92 Å². The summed E-state index contributed by atoms with van der Waals surface area (Å²) in [6.45, 7) is 1.21. The first-order valence-corrected chi connectivity index (χ1v) is 5.78. The molecule has 0 saturated carbocycles. The second-order valence-corrected chi connectivity index (χ2v) is 3.91. The third kappa shape index (κ3) is 6.73. The highest BCUT2D eigenvalue weighted by molar-refractivity contribution is 5.85. The molecule has 2 N–H and O–H groups in total. The highest BCUT2D eigenvalue weighted by Crippen LogP contribution is 2.11. The number of nitrogens with one attached hydrogen (secondary N) is 2. The van der Waals surface area contributed by atoms with Crippen molar-refractivity contribution in [2.45, 2.75) is 19.4 Å². The van der Waals surface area contributed by atoms with Crippen LogP contribution in [0.4, 0.5) is 5.69 Å². The van der Waals surface area contributed by atoms with Crippen LogP contribution in [0.15, 0.2) is 24.3 Å². The largest absolute Gasteiger partial charge is 0.352 e. The molecule has 0 saturated heterocycles. The minimum atomic E-state index is -0.444. The van der Waals surface area contributed by atoms with Gasteiger partial charge < -0.3 is 10.6 Å². The molecule has 0 aliphatic heterocycles. The van der Waals surface area contributed by atoms with E-state index in [0.717, 1.165) is 18.5 Å². The van der Waals surface area contributed by atoms with E-state index in [1.165, 1.54) is 12.1 Å². The fourth-order valence-electron chi connectivity index (χ4n) is 1.45. The van der Waals surface area contributed by atoms with E-state index in [0.29, 0.717) is 13.0 Å². The summed E-state index contributed by atoms with van der Waals surface area (Å²) in [6.07, 6.45) is 1.27. The maximum atomic E-state index is 11.4. The Morgan fingerprint density at radius 1 is 1.32 bits per heavy atom. The minimum absolute atomic E-state index is 0. The summed E-state index contributed by atoms with van der Waals surface area (Å²) in [7, 11) is 1.84. The molecule has 0 aliphatic rings. The maximum absolute atomic E-state index is 11.4. The first-order chi connectivity index (χ1) is 8.63. The standard InChI is InChI=1S/C12H17N3O3.ClH/c1-13-8-2-3-12(16)14-9-10-4-6-11(7-5-10)15(17)18;/h4-7,13H,2-3,8-9H2,1H3,(H,14,16);1H. The first kappa shape index (κ1) is 17.3. The molecule has 106 valence electrons. The fourth-order valence-corrected chi connectivity index (χ4v) is 1.45. The molecule has 1 amide bonds. The smallest absolute Gasteiger partial charge is 0.269 e. The Kier molecular flexibility index (Phi) is 8.48. The second kappa shape index (κ2) is 9.29. The van der Waals surface area contributed by atoms with Gasteiger partial charge in [0.25, 0.3) is 5.69 Å². The summed E-state index contributed by atoms with van der Waals surface area (Å²) in [4.78, 5) is 21.4. The van der Waals surface area contributed by atoms with Crippen LogP contribution in [0.5, 0.6) is 0 Å². The molecular formula is C12H18ClN3O3. The van der Waals surface area contributed by atoms with Crippen LogP contribution in [-0.4, -0.2) is 24.4 Å². The molecule has 0 unspecified atom stereocenters. The van der Waals surface area contributed by atoms with Gasteiger partial charge in [-0.3, -0.25) is 14.9 Å². The molecule has 0 aliphatic carbocycles. The van der Waals surface area contributed by atoms with Crippen molar-refractivity contribution in [2.24, 2.45) is 0 Å². The third-order valence-electron chi connectivity index (χ3n) is 2.47. The number of nitro groups is 1. The quantitative estimate of drug-likeness (QED) is 0.453.